The Kier molecular flexibility index (Phi) is 6.21. The molecule has 1 unspecified atom stereocenters. The number of rotatable bonds is 5. The summed E-state index contributed by atoms with van der Waals surface area (Å²) in [6.07, 6.45) is 1.68. The third-order valence-electron chi connectivity index (χ3n) is 6.12. The lowest BCUT2D eigenvalue weighted by molar-refractivity contribution is -0.138. The molecule has 0 bridgehead atoms. The molecule has 1 aromatic carbocycles. The van der Waals surface area contributed by atoms with E-state index in [1.165, 1.54) is 16.0 Å². The second kappa shape index (κ2) is 8.97. The number of anilines is 2. The monoisotopic (exact) mass is 480 g/mol. The van der Waals surface area contributed by atoms with Crippen LogP contribution in [0.5, 0.6) is 0 Å². The molecule has 4 rings (SSSR count). The van der Waals surface area contributed by atoms with Crippen molar-refractivity contribution >= 4 is 29.3 Å². The first-order valence-corrected chi connectivity index (χ1v) is 10.5. The fourth-order valence-electron chi connectivity index (χ4n) is 4.27. The number of aliphatic carboxylic acids is 1. The fraction of sp³-hybridized carbons (Fsp3) is 0.429. The fourth-order valence-corrected chi connectivity index (χ4v) is 4.27. The minimum atomic E-state index is -1.62. The van der Waals surface area contributed by atoms with Crippen molar-refractivity contribution < 1.29 is 32.7 Å². The minimum Gasteiger partial charge on any atom is -0.480 e. The van der Waals surface area contributed by atoms with E-state index >= 15 is 0 Å². The summed E-state index contributed by atoms with van der Waals surface area (Å²) in [5.74, 6) is -5.65. The average Bonchev–Trinajstić information content (AvgIpc) is 3.33. The van der Waals surface area contributed by atoms with Gasteiger partial charge in [-0.25, -0.2) is 18.0 Å². The zero-order valence-electron chi connectivity index (χ0n) is 18.5. The van der Waals surface area contributed by atoms with Crippen LogP contribution in [0.3, 0.4) is 0 Å². The molecular weight excluding hydrogens is 457 g/mol. The molecule has 10 nitrogen and oxygen atoms in total. The Morgan fingerprint density at radius 1 is 1.24 bits per heavy atom. The summed E-state index contributed by atoms with van der Waals surface area (Å²) >= 11 is 0. The van der Waals surface area contributed by atoms with E-state index in [0.29, 0.717) is 30.1 Å². The molecule has 2 aliphatic rings. The van der Waals surface area contributed by atoms with E-state index in [0.717, 1.165) is 0 Å². The molecule has 3 heterocycles. The highest BCUT2D eigenvalue weighted by molar-refractivity contribution is 5.97. The number of urea groups is 1. The zero-order valence-corrected chi connectivity index (χ0v) is 18.5. The Labute approximate surface area is 192 Å². The lowest BCUT2D eigenvalue weighted by Crippen LogP contribution is -2.47. The number of carbonyl (C=O) groups is 3. The summed E-state index contributed by atoms with van der Waals surface area (Å²) in [6, 6.07) is 0.112. The predicted molar refractivity (Wildman–Crippen MR) is 114 cm³/mol. The van der Waals surface area contributed by atoms with Gasteiger partial charge in [-0.2, -0.15) is 5.10 Å². The molecule has 1 saturated heterocycles. The number of nitrogens with one attached hydrogen (secondary N) is 1. The molecule has 0 radical (unpaired) electrons. The van der Waals surface area contributed by atoms with E-state index in [4.69, 9.17) is 5.11 Å². The molecule has 13 heteroatoms. The van der Waals surface area contributed by atoms with E-state index in [9.17, 15) is 27.6 Å². The number of likely N-dealkylation sites (N-methyl/N-ethyl adjacent to an activating group) is 1. The Bertz CT molecular complexity index is 1130. The number of fused-ring (bicyclic) bond motifs is 1. The Hall–Kier alpha value is -3.61. The quantitative estimate of drug-likeness (QED) is 0.632. The SMILES string of the molecule is C[C@H]1Cn2ncc(N3CC(N(C)CC(=O)O)CC3=O)c2CN1C(=O)Nc1cc(F)c(F)c(F)c1. The Balaban J connectivity index is 1.52. The van der Waals surface area contributed by atoms with Crippen molar-refractivity contribution in [3.05, 3.63) is 41.5 Å². The maximum Gasteiger partial charge on any atom is 0.322 e. The molecule has 2 N–H and O–H groups in total. The standard InChI is InChI=1S/C21H23F3N6O4/c1-11-7-30-17(9-28(11)21(34)26-12-3-14(22)20(24)15(23)4-12)16(6-25-30)29-8-13(5-18(29)31)27(2)10-19(32)33/h3-4,6,11,13H,5,7-10H2,1-2H3,(H,26,34)(H,32,33)/t11-,13?/m0/s1. The number of halogens is 3. The number of aromatic nitrogens is 2. The number of amides is 3. The molecular formula is C21H23F3N6O4. The Morgan fingerprint density at radius 2 is 1.91 bits per heavy atom. The number of hydrogen-bond donors (Lipinski definition) is 2. The van der Waals surface area contributed by atoms with Gasteiger partial charge in [-0.3, -0.25) is 19.2 Å². The maximum absolute atomic E-state index is 13.5. The summed E-state index contributed by atoms with van der Waals surface area (Å²) in [5.41, 5.74) is 0.881. The van der Waals surface area contributed by atoms with Crippen molar-refractivity contribution in [3.8, 4) is 0 Å². The van der Waals surface area contributed by atoms with Crippen LogP contribution in [0, 0.1) is 17.5 Å². The van der Waals surface area contributed by atoms with Crippen molar-refractivity contribution in [1.29, 1.82) is 0 Å². The topological polar surface area (TPSA) is 111 Å². The molecule has 3 amide bonds. The van der Waals surface area contributed by atoms with Crippen LogP contribution >= 0.6 is 0 Å². The van der Waals surface area contributed by atoms with Crippen molar-refractivity contribution in [2.45, 2.75) is 38.5 Å². The molecule has 2 aliphatic heterocycles. The molecule has 0 saturated carbocycles. The molecule has 0 aliphatic carbocycles. The van der Waals surface area contributed by atoms with E-state index < -0.39 is 29.5 Å². The summed E-state index contributed by atoms with van der Waals surface area (Å²) in [5, 5.41) is 15.7. The summed E-state index contributed by atoms with van der Waals surface area (Å²) in [4.78, 5) is 41.1. The number of hydrogen-bond acceptors (Lipinski definition) is 5. The van der Waals surface area contributed by atoms with Crippen molar-refractivity contribution in [2.75, 3.05) is 30.4 Å². The number of carboxylic acid groups (broad SMARTS) is 1. The third kappa shape index (κ3) is 4.42. The van der Waals surface area contributed by atoms with E-state index in [2.05, 4.69) is 10.4 Å². The molecule has 2 atom stereocenters. The van der Waals surface area contributed by atoms with E-state index in [1.807, 2.05) is 0 Å². The van der Waals surface area contributed by atoms with E-state index in [1.54, 1.807) is 23.6 Å². The lowest BCUT2D eigenvalue weighted by atomic mass is 10.2. The van der Waals surface area contributed by atoms with Crippen LogP contribution in [0.1, 0.15) is 19.0 Å². The first kappa shape index (κ1) is 23.5. The summed E-state index contributed by atoms with van der Waals surface area (Å²) in [7, 11) is 1.64. The maximum atomic E-state index is 13.5. The van der Waals surface area contributed by atoms with Gasteiger partial charge < -0.3 is 20.2 Å². The van der Waals surface area contributed by atoms with Gasteiger partial charge in [0.15, 0.2) is 17.5 Å². The van der Waals surface area contributed by atoms with Crippen LogP contribution in [-0.2, 0) is 22.7 Å². The number of carbonyl (C=O) groups excluding carboxylic acids is 2. The van der Waals surface area contributed by atoms with Gasteiger partial charge in [0.2, 0.25) is 5.91 Å². The first-order valence-electron chi connectivity index (χ1n) is 10.5. The first-order chi connectivity index (χ1) is 16.0. The molecule has 1 aromatic heterocycles. The van der Waals surface area contributed by atoms with Gasteiger partial charge >= 0.3 is 12.0 Å². The largest absolute Gasteiger partial charge is 0.480 e. The van der Waals surface area contributed by atoms with Gasteiger partial charge in [0.1, 0.15) is 0 Å². The van der Waals surface area contributed by atoms with Crippen LogP contribution in [-0.4, -0.2) is 74.8 Å². The zero-order chi connectivity index (χ0) is 24.7. The molecule has 0 spiro atoms. The number of nitrogens with zero attached hydrogens (tertiary/aromatic N) is 5. The van der Waals surface area contributed by atoms with Gasteiger partial charge in [-0.15, -0.1) is 0 Å². The third-order valence-corrected chi connectivity index (χ3v) is 6.12. The van der Waals surface area contributed by atoms with E-state index in [-0.39, 0.29) is 49.7 Å². The second-order valence-electron chi connectivity index (χ2n) is 8.49. The summed E-state index contributed by atoms with van der Waals surface area (Å²) < 4.78 is 41.9. The highest BCUT2D eigenvalue weighted by atomic mass is 19.2. The second-order valence-corrected chi connectivity index (χ2v) is 8.49. The van der Waals surface area contributed by atoms with Gasteiger partial charge in [0.05, 0.1) is 43.3 Å². The van der Waals surface area contributed by atoms with Crippen molar-refractivity contribution in [3.63, 3.8) is 0 Å². The van der Waals surface area contributed by atoms with Crippen LogP contribution < -0.4 is 10.2 Å². The highest BCUT2D eigenvalue weighted by Crippen LogP contribution is 2.31. The van der Waals surface area contributed by atoms with Gasteiger partial charge in [-0.05, 0) is 14.0 Å². The lowest BCUT2D eigenvalue weighted by Gasteiger charge is -2.35. The van der Waals surface area contributed by atoms with Crippen molar-refractivity contribution in [1.82, 2.24) is 19.6 Å². The van der Waals surface area contributed by atoms with Crippen LogP contribution in [0.4, 0.5) is 29.3 Å². The molecule has 34 heavy (non-hydrogen) atoms. The van der Waals surface area contributed by atoms with Crippen molar-refractivity contribution in [2.24, 2.45) is 0 Å². The number of benzene rings is 1. The minimum absolute atomic E-state index is 0.0634. The average molecular weight is 480 g/mol. The van der Waals surface area contributed by atoms with Gasteiger partial charge in [0.25, 0.3) is 0 Å². The Morgan fingerprint density at radius 3 is 2.56 bits per heavy atom. The normalized spacial score (nSPS) is 20.1. The molecule has 182 valence electrons. The number of carboxylic acids is 1. The van der Waals surface area contributed by atoms with Gasteiger partial charge in [-0.1, -0.05) is 0 Å². The summed E-state index contributed by atoms with van der Waals surface area (Å²) in [6.45, 7) is 2.23. The molecule has 1 fully saturated rings. The highest BCUT2D eigenvalue weighted by Gasteiger charge is 2.38. The van der Waals surface area contributed by atoms with Crippen LogP contribution in [0.25, 0.3) is 0 Å². The van der Waals surface area contributed by atoms with Crippen LogP contribution in [0.15, 0.2) is 18.3 Å². The van der Waals surface area contributed by atoms with Crippen LogP contribution in [0.2, 0.25) is 0 Å². The molecule has 2 aromatic rings. The predicted octanol–water partition coefficient (Wildman–Crippen LogP) is 1.86. The van der Waals surface area contributed by atoms with Gasteiger partial charge in [0, 0.05) is 36.8 Å². The smallest absolute Gasteiger partial charge is 0.322 e.